The Bertz CT molecular complexity index is 512. The molecule has 18 heavy (non-hydrogen) atoms. The number of sulfonamides is 1. The first-order valence-electron chi connectivity index (χ1n) is 5.73. The van der Waals surface area contributed by atoms with Crippen molar-refractivity contribution in [2.75, 3.05) is 12.3 Å². The Morgan fingerprint density at radius 3 is 2.56 bits per heavy atom. The summed E-state index contributed by atoms with van der Waals surface area (Å²) in [5.41, 5.74) is 2.11. The number of carbonyl (C=O) groups is 1. The molecule has 1 amide bonds. The summed E-state index contributed by atoms with van der Waals surface area (Å²) < 4.78 is 24.5. The summed E-state index contributed by atoms with van der Waals surface area (Å²) in [5.74, 6) is -0.367. The van der Waals surface area contributed by atoms with E-state index in [0.29, 0.717) is 6.54 Å². The van der Waals surface area contributed by atoms with Gasteiger partial charge >= 0.3 is 0 Å². The fourth-order valence-corrected chi connectivity index (χ4v) is 1.90. The second kappa shape index (κ2) is 6.51. The smallest absolute Gasteiger partial charge is 0.235 e. The van der Waals surface area contributed by atoms with E-state index >= 15 is 0 Å². The molecule has 0 unspecified atom stereocenters. The van der Waals surface area contributed by atoms with E-state index in [9.17, 15) is 13.2 Å². The molecule has 2 N–H and O–H groups in total. The van der Waals surface area contributed by atoms with Crippen LogP contribution in [0.5, 0.6) is 0 Å². The number of benzene rings is 1. The minimum absolute atomic E-state index is 0.0297. The van der Waals surface area contributed by atoms with Gasteiger partial charge in [0, 0.05) is 6.54 Å². The number of aryl methyl sites for hydroxylation is 1. The molecule has 0 radical (unpaired) electrons. The van der Waals surface area contributed by atoms with E-state index in [2.05, 4.69) is 10.0 Å². The predicted molar refractivity (Wildman–Crippen MR) is 70.5 cm³/mol. The van der Waals surface area contributed by atoms with Gasteiger partial charge in [0.05, 0.1) is 12.3 Å². The standard InChI is InChI=1S/C12H18N2O3S/c1-3-18(16,17)14-9-12(15)13-8-11-7-5-4-6-10(11)2/h4-7,14H,3,8-9H2,1-2H3,(H,13,15). The van der Waals surface area contributed by atoms with E-state index < -0.39 is 10.0 Å². The average Bonchev–Trinajstić information content (AvgIpc) is 2.35. The van der Waals surface area contributed by atoms with Crippen LogP contribution in [0, 0.1) is 6.92 Å². The highest BCUT2D eigenvalue weighted by Gasteiger charge is 2.09. The fourth-order valence-electron chi connectivity index (χ4n) is 1.34. The van der Waals surface area contributed by atoms with Crippen LogP contribution in [0.1, 0.15) is 18.1 Å². The summed E-state index contributed by atoms with van der Waals surface area (Å²) in [4.78, 5) is 11.5. The molecule has 0 heterocycles. The lowest BCUT2D eigenvalue weighted by molar-refractivity contribution is -0.120. The summed E-state index contributed by atoms with van der Waals surface area (Å²) in [6, 6.07) is 7.71. The van der Waals surface area contributed by atoms with E-state index in [1.165, 1.54) is 6.92 Å². The van der Waals surface area contributed by atoms with Crippen molar-refractivity contribution in [2.45, 2.75) is 20.4 Å². The largest absolute Gasteiger partial charge is 0.351 e. The van der Waals surface area contributed by atoms with Crippen molar-refractivity contribution >= 4 is 15.9 Å². The van der Waals surface area contributed by atoms with Crippen LogP contribution in [0.25, 0.3) is 0 Å². The van der Waals surface area contributed by atoms with Crippen LogP contribution in [-0.4, -0.2) is 26.6 Å². The van der Waals surface area contributed by atoms with E-state index in [1.807, 2.05) is 31.2 Å². The minimum Gasteiger partial charge on any atom is -0.351 e. The lowest BCUT2D eigenvalue weighted by Gasteiger charge is -2.08. The molecule has 0 aromatic heterocycles. The molecule has 0 saturated carbocycles. The van der Waals surface area contributed by atoms with Crippen molar-refractivity contribution in [2.24, 2.45) is 0 Å². The molecule has 6 heteroatoms. The maximum absolute atomic E-state index is 11.5. The number of hydrogen-bond donors (Lipinski definition) is 2. The van der Waals surface area contributed by atoms with E-state index in [-0.39, 0.29) is 18.2 Å². The zero-order valence-electron chi connectivity index (χ0n) is 10.6. The average molecular weight is 270 g/mol. The predicted octanol–water partition coefficient (Wildman–Crippen LogP) is 0.551. The number of nitrogens with one attached hydrogen (secondary N) is 2. The Labute approximate surface area is 108 Å². The van der Waals surface area contributed by atoms with Gasteiger partial charge in [-0.1, -0.05) is 24.3 Å². The third kappa shape index (κ3) is 4.85. The molecular formula is C12H18N2O3S. The van der Waals surface area contributed by atoms with Crippen LogP contribution >= 0.6 is 0 Å². The van der Waals surface area contributed by atoms with E-state index in [1.54, 1.807) is 0 Å². The van der Waals surface area contributed by atoms with Gasteiger partial charge < -0.3 is 5.32 Å². The van der Waals surface area contributed by atoms with Gasteiger partial charge in [-0.2, -0.15) is 0 Å². The van der Waals surface area contributed by atoms with Gasteiger partial charge in [0.1, 0.15) is 0 Å². The van der Waals surface area contributed by atoms with Gasteiger partial charge in [-0.05, 0) is 25.0 Å². The Balaban J connectivity index is 2.41. The summed E-state index contributed by atoms with van der Waals surface area (Å²) in [6.45, 7) is 3.66. The molecule has 1 rings (SSSR count). The summed E-state index contributed by atoms with van der Waals surface area (Å²) >= 11 is 0. The summed E-state index contributed by atoms with van der Waals surface area (Å²) in [7, 11) is -3.32. The zero-order chi connectivity index (χ0) is 13.6. The molecule has 0 aliphatic carbocycles. The Hall–Kier alpha value is -1.40. The van der Waals surface area contributed by atoms with Gasteiger partial charge in [0.25, 0.3) is 0 Å². The molecule has 5 nitrogen and oxygen atoms in total. The second-order valence-electron chi connectivity index (χ2n) is 3.93. The number of amides is 1. The van der Waals surface area contributed by atoms with Crippen molar-refractivity contribution in [1.29, 1.82) is 0 Å². The molecule has 0 aliphatic rings. The Morgan fingerprint density at radius 1 is 1.28 bits per heavy atom. The second-order valence-corrected chi connectivity index (χ2v) is 6.02. The third-order valence-corrected chi connectivity index (χ3v) is 3.91. The normalized spacial score (nSPS) is 11.2. The maximum Gasteiger partial charge on any atom is 0.235 e. The van der Waals surface area contributed by atoms with E-state index in [4.69, 9.17) is 0 Å². The minimum atomic E-state index is -3.32. The first kappa shape index (κ1) is 14.7. The number of rotatable bonds is 6. The van der Waals surface area contributed by atoms with Crippen molar-refractivity contribution < 1.29 is 13.2 Å². The van der Waals surface area contributed by atoms with Crippen LogP contribution in [-0.2, 0) is 21.4 Å². The van der Waals surface area contributed by atoms with Gasteiger partial charge in [0.15, 0.2) is 0 Å². The van der Waals surface area contributed by atoms with Gasteiger partial charge in [-0.15, -0.1) is 0 Å². The molecule has 0 fully saturated rings. The molecule has 0 aliphatic heterocycles. The SMILES string of the molecule is CCS(=O)(=O)NCC(=O)NCc1ccccc1C. The van der Waals surface area contributed by atoms with Crippen LogP contribution in [0.15, 0.2) is 24.3 Å². The first-order chi connectivity index (χ1) is 8.44. The molecule has 0 spiro atoms. The van der Waals surface area contributed by atoms with Gasteiger partial charge in [-0.3, -0.25) is 4.79 Å². The monoisotopic (exact) mass is 270 g/mol. The highest BCUT2D eigenvalue weighted by Crippen LogP contribution is 2.05. The van der Waals surface area contributed by atoms with Crippen LogP contribution in [0.2, 0.25) is 0 Å². The molecular weight excluding hydrogens is 252 g/mol. The summed E-state index contributed by atoms with van der Waals surface area (Å²) in [6.07, 6.45) is 0. The Morgan fingerprint density at radius 2 is 1.94 bits per heavy atom. The molecule has 100 valence electrons. The zero-order valence-corrected chi connectivity index (χ0v) is 11.4. The van der Waals surface area contributed by atoms with Crippen molar-refractivity contribution in [1.82, 2.24) is 10.0 Å². The molecule has 0 atom stereocenters. The highest BCUT2D eigenvalue weighted by atomic mass is 32.2. The maximum atomic E-state index is 11.5. The number of carbonyl (C=O) groups excluding carboxylic acids is 1. The molecule has 0 bridgehead atoms. The first-order valence-corrected chi connectivity index (χ1v) is 7.38. The molecule has 0 saturated heterocycles. The van der Waals surface area contributed by atoms with E-state index in [0.717, 1.165) is 11.1 Å². The van der Waals surface area contributed by atoms with Crippen LogP contribution < -0.4 is 10.0 Å². The lowest BCUT2D eigenvalue weighted by atomic mass is 10.1. The quantitative estimate of drug-likeness (QED) is 0.792. The third-order valence-electron chi connectivity index (χ3n) is 2.57. The van der Waals surface area contributed by atoms with Crippen LogP contribution in [0.3, 0.4) is 0 Å². The fraction of sp³-hybridized carbons (Fsp3) is 0.417. The van der Waals surface area contributed by atoms with Gasteiger partial charge in [0.2, 0.25) is 15.9 Å². The van der Waals surface area contributed by atoms with Crippen molar-refractivity contribution in [3.8, 4) is 0 Å². The van der Waals surface area contributed by atoms with Gasteiger partial charge in [-0.25, -0.2) is 13.1 Å². The molecule has 1 aromatic rings. The van der Waals surface area contributed by atoms with Crippen molar-refractivity contribution in [3.05, 3.63) is 35.4 Å². The Kier molecular flexibility index (Phi) is 5.30. The van der Waals surface area contributed by atoms with Crippen LogP contribution in [0.4, 0.5) is 0 Å². The molecule has 1 aromatic carbocycles. The topological polar surface area (TPSA) is 75.3 Å². The number of hydrogen-bond acceptors (Lipinski definition) is 3. The lowest BCUT2D eigenvalue weighted by Crippen LogP contribution is -2.37. The summed E-state index contributed by atoms with van der Waals surface area (Å²) in [5, 5.41) is 2.67. The van der Waals surface area contributed by atoms with Crippen molar-refractivity contribution in [3.63, 3.8) is 0 Å². The highest BCUT2D eigenvalue weighted by molar-refractivity contribution is 7.89.